The Bertz CT molecular complexity index is 990. The Morgan fingerprint density at radius 2 is 1.85 bits per heavy atom. The van der Waals surface area contributed by atoms with Crippen molar-refractivity contribution in [2.24, 2.45) is 0 Å². The number of aryl methyl sites for hydroxylation is 1. The largest absolute Gasteiger partial charge is 0.465 e. The Labute approximate surface area is 150 Å². The van der Waals surface area contributed by atoms with E-state index >= 15 is 0 Å². The number of rotatable bonds is 3. The highest BCUT2D eigenvalue weighted by atomic mass is 19.1. The molecule has 3 nitrogen and oxygen atoms in total. The van der Waals surface area contributed by atoms with E-state index in [1.165, 1.54) is 13.2 Å². The molecule has 0 aliphatic heterocycles. The van der Waals surface area contributed by atoms with Gasteiger partial charge in [-0.05, 0) is 55.0 Å². The van der Waals surface area contributed by atoms with Crippen molar-refractivity contribution in [3.8, 4) is 0 Å². The lowest BCUT2D eigenvalue weighted by Gasteiger charge is -2.16. The third-order valence-electron chi connectivity index (χ3n) is 5.10. The lowest BCUT2D eigenvalue weighted by Crippen LogP contribution is -2.10. The molecule has 26 heavy (non-hydrogen) atoms. The molecule has 0 bridgehead atoms. The van der Waals surface area contributed by atoms with E-state index in [1.807, 2.05) is 16.7 Å². The predicted molar refractivity (Wildman–Crippen MR) is 95.4 cm³/mol. The fraction of sp³-hybridized carbons (Fsp3) is 0.286. The number of halogens is 2. The van der Waals surface area contributed by atoms with Gasteiger partial charge in [-0.1, -0.05) is 12.1 Å². The van der Waals surface area contributed by atoms with Crippen LogP contribution in [0, 0.1) is 11.6 Å². The molecule has 0 amide bonds. The summed E-state index contributed by atoms with van der Waals surface area (Å²) in [6, 6.07) is 9.48. The van der Waals surface area contributed by atoms with Gasteiger partial charge in [-0.2, -0.15) is 0 Å². The van der Waals surface area contributed by atoms with Gasteiger partial charge in [0.05, 0.1) is 18.2 Å². The normalized spacial score (nSPS) is 13.7. The van der Waals surface area contributed by atoms with Gasteiger partial charge in [-0.15, -0.1) is 0 Å². The molecule has 4 rings (SSSR count). The third kappa shape index (κ3) is 2.77. The van der Waals surface area contributed by atoms with E-state index in [9.17, 15) is 13.6 Å². The molecular formula is C21H19F2NO2. The monoisotopic (exact) mass is 355 g/mol. The average molecular weight is 355 g/mol. The van der Waals surface area contributed by atoms with Crippen molar-refractivity contribution < 1.29 is 18.3 Å². The van der Waals surface area contributed by atoms with E-state index in [0.29, 0.717) is 23.0 Å². The van der Waals surface area contributed by atoms with Crippen LogP contribution < -0.4 is 0 Å². The Kier molecular flexibility index (Phi) is 4.23. The zero-order chi connectivity index (χ0) is 18.3. The molecule has 0 saturated heterocycles. The first kappa shape index (κ1) is 16.8. The van der Waals surface area contributed by atoms with Crippen LogP contribution in [0.5, 0.6) is 0 Å². The zero-order valence-corrected chi connectivity index (χ0v) is 14.5. The van der Waals surface area contributed by atoms with Crippen LogP contribution in [0.2, 0.25) is 0 Å². The van der Waals surface area contributed by atoms with Crippen molar-refractivity contribution in [2.75, 3.05) is 7.11 Å². The van der Waals surface area contributed by atoms with Gasteiger partial charge in [-0.25, -0.2) is 13.6 Å². The van der Waals surface area contributed by atoms with Gasteiger partial charge in [-0.3, -0.25) is 0 Å². The Morgan fingerprint density at radius 1 is 1.12 bits per heavy atom. The molecule has 0 N–H and O–H groups in total. The van der Waals surface area contributed by atoms with Crippen LogP contribution in [0.1, 0.15) is 40.0 Å². The molecule has 3 aromatic rings. The first-order valence-corrected chi connectivity index (χ1v) is 8.74. The maximum atomic E-state index is 14.6. The lowest BCUT2D eigenvalue weighted by molar-refractivity contribution is 0.0600. The molecule has 0 saturated carbocycles. The number of nitrogens with zero attached hydrogens (tertiary/aromatic N) is 1. The molecule has 5 heteroatoms. The van der Waals surface area contributed by atoms with Gasteiger partial charge < -0.3 is 9.30 Å². The molecule has 1 aliphatic carbocycles. The van der Waals surface area contributed by atoms with Crippen LogP contribution in [0.15, 0.2) is 36.4 Å². The quantitative estimate of drug-likeness (QED) is 0.641. The summed E-state index contributed by atoms with van der Waals surface area (Å²) in [5.41, 5.74) is 4.05. The molecule has 0 atom stereocenters. The van der Waals surface area contributed by atoms with Crippen molar-refractivity contribution in [3.05, 3.63) is 70.4 Å². The van der Waals surface area contributed by atoms with Crippen LogP contribution in [-0.2, 0) is 24.1 Å². The number of carbonyl (C=O) groups excluding carboxylic acids is 1. The molecule has 0 spiro atoms. The highest BCUT2D eigenvalue weighted by Crippen LogP contribution is 2.34. The Morgan fingerprint density at radius 3 is 2.58 bits per heavy atom. The number of fused-ring (bicyclic) bond motifs is 3. The fourth-order valence-electron chi connectivity index (χ4n) is 3.90. The van der Waals surface area contributed by atoms with Gasteiger partial charge >= 0.3 is 5.97 Å². The number of benzene rings is 2. The number of hydrogen-bond acceptors (Lipinski definition) is 2. The highest BCUT2D eigenvalue weighted by molar-refractivity contribution is 5.89. The summed E-state index contributed by atoms with van der Waals surface area (Å²) in [7, 11) is 1.34. The van der Waals surface area contributed by atoms with E-state index in [4.69, 9.17) is 4.74 Å². The first-order valence-electron chi connectivity index (χ1n) is 8.74. The highest BCUT2D eigenvalue weighted by Gasteiger charge is 2.23. The molecule has 134 valence electrons. The maximum Gasteiger partial charge on any atom is 0.337 e. The van der Waals surface area contributed by atoms with E-state index < -0.39 is 11.6 Å². The zero-order valence-electron chi connectivity index (χ0n) is 14.5. The minimum absolute atomic E-state index is 0.387. The summed E-state index contributed by atoms with van der Waals surface area (Å²) in [5.74, 6) is -1.45. The van der Waals surface area contributed by atoms with E-state index in [1.54, 1.807) is 12.1 Å². The van der Waals surface area contributed by atoms with Crippen molar-refractivity contribution in [3.63, 3.8) is 0 Å². The van der Waals surface area contributed by atoms with Gasteiger partial charge in [0.25, 0.3) is 0 Å². The molecule has 0 fully saturated rings. The summed E-state index contributed by atoms with van der Waals surface area (Å²) in [5, 5.41) is 0.684. The standard InChI is InChI=1S/C21H19F2NO2/c1-26-21(25)14-8-6-13(7-9-14)12-24-19-5-3-2-4-16(19)17-10-15(22)11-18(23)20(17)24/h6-11H,2-5,12H2,1H3. The lowest BCUT2D eigenvalue weighted by atomic mass is 9.95. The number of aromatic nitrogens is 1. The Balaban J connectivity index is 1.80. The van der Waals surface area contributed by atoms with Gasteiger partial charge in [0.15, 0.2) is 0 Å². The van der Waals surface area contributed by atoms with Crippen molar-refractivity contribution in [1.29, 1.82) is 0 Å². The van der Waals surface area contributed by atoms with Crippen LogP contribution in [0.3, 0.4) is 0 Å². The molecule has 1 heterocycles. The molecular weight excluding hydrogens is 336 g/mol. The summed E-state index contributed by atoms with van der Waals surface area (Å²) < 4.78 is 35.0. The van der Waals surface area contributed by atoms with Gasteiger partial charge in [0.1, 0.15) is 11.6 Å². The summed E-state index contributed by atoms with van der Waals surface area (Å²) in [4.78, 5) is 11.6. The third-order valence-corrected chi connectivity index (χ3v) is 5.10. The minimum Gasteiger partial charge on any atom is -0.465 e. The van der Waals surface area contributed by atoms with Crippen molar-refractivity contribution in [1.82, 2.24) is 4.57 Å². The maximum absolute atomic E-state index is 14.6. The molecule has 1 aliphatic rings. The van der Waals surface area contributed by atoms with Crippen LogP contribution in [0.4, 0.5) is 8.78 Å². The van der Waals surface area contributed by atoms with Gasteiger partial charge in [0.2, 0.25) is 0 Å². The number of esters is 1. The number of carbonyl (C=O) groups is 1. The second kappa shape index (κ2) is 6.56. The number of methoxy groups -OCH3 is 1. The average Bonchev–Trinajstić information content (AvgIpc) is 2.96. The summed E-state index contributed by atoms with van der Waals surface area (Å²) in [6.45, 7) is 0.482. The molecule has 1 aromatic heterocycles. The fourth-order valence-corrected chi connectivity index (χ4v) is 3.90. The SMILES string of the molecule is COC(=O)c1ccc(Cn2c3c(c4cc(F)cc(F)c42)CCCC3)cc1. The summed E-state index contributed by atoms with van der Waals surface area (Å²) in [6.07, 6.45) is 3.81. The first-order chi connectivity index (χ1) is 12.6. The summed E-state index contributed by atoms with van der Waals surface area (Å²) >= 11 is 0. The molecule has 2 aromatic carbocycles. The van der Waals surface area contributed by atoms with Gasteiger partial charge in [0, 0.05) is 23.7 Å². The Hall–Kier alpha value is -2.69. The number of ether oxygens (including phenoxy) is 1. The molecule has 0 radical (unpaired) electrons. The predicted octanol–water partition coefficient (Wildman–Crippen LogP) is 4.63. The van der Waals surface area contributed by atoms with Crippen LogP contribution in [-0.4, -0.2) is 17.6 Å². The minimum atomic E-state index is -0.539. The van der Waals surface area contributed by atoms with Crippen molar-refractivity contribution >= 4 is 16.9 Å². The van der Waals surface area contributed by atoms with E-state index in [2.05, 4.69) is 0 Å². The van der Waals surface area contributed by atoms with Crippen molar-refractivity contribution in [2.45, 2.75) is 32.2 Å². The second-order valence-corrected chi connectivity index (χ2v) is 6.69. The smallest absolute Gasteiger partial charge is 0.337 e. The molecule has 0 unspecified atom stereocenters. The van der Waals surface area contributed by atoms with E-state index in [-0.39, 0.29) is 5.97 Å². The van der Waals surface area contributed by atoms with Crippen LogP contribution >= 0.6 is 0 Å². The second-order valence-electron chi connectivity index (χ2n) is 6.69. The topological polar surface area (TPSA) is 31.2 Å². The van der Waals surface area contributed by atoms with E-state index in [0.717, 1.165) is 48.6 Å². The number of hydrogen-bond donors (Lipinski definition) is 0. The van der Waals surface area contributed by atoms with Crippen LogP contribution in [0.25, 0.3) is 10.9 Å².